The van der Waals surface area contributed by atoms with Gasteiger partial charge in [-0.05, 0) is 31.0 Å². The van der Waals surface area contributed by atoms with Gasteiger partial charge in [0, 0.05) is 10.8 Å². The molecule has 0 spiro atoms. The van der Waals surface area contributed by atoms with Gasteiger partial charge in [-0.2, -0.15) is 0 Å². The lowest BCUT2D eigenvalue weighted by Gasteiger charge is -2.16. The number of anilines is 1. The zero-order chi connectivity index (χ0) is 16.7. The maximum atomic E-state index is 12.3. The Balaban J connectivity index is 1.95. The predicted molar refractivity (Wildman–Crippen MR) is 95.7 cm³/mol. The van der Waals surface area contributed by atoms with Crippen LogP contribution in [0.4, 0.5) is 5.13 Å². The van der Waals surface area contributed by atoms with Crippen molar-refractivity contribution in [3.63, 3.8) is 0 Å². The van der Waals surface area contributed by atoms with Gasteiger partial charge in [0.15, 0.2) is 10.4 Å². The third-order valence-electron chi connectivity index (χ3n) is 2.80. The molecule has 2 aromatic rings. The number of carbonyl (C=O) groups is 1. The summed E-state index contributed by atoms with van der Waals surface area (Å²) in [5.41, 5.74) is 0. The quantitative estimate of drug-likeness (QED) is 0.547. The maximum Gasteiger partial charge on any atom is 0.267 e. The number of amides is 1. The first kappa shape index (κ1) is 18.0. The van der Waals surface area contributed by atoms with Gasteiger partial charge >= 0.3 is 0 Å². The summed E-state index contributed by atoms with van der Waals surface area (Å²) in [6, 6.07) is 6.99. The largest absolute Gasteiger partial charge is 0.481 e. The van der Waals surface area contributed by atoms with Crippen molar-refractivity contribution in [2.45, 2.75) is 37.1 Å². The van der Waals surface area contributed by atoms with E-state index < -0.39 is 6.10 Å². The average molecular weight is 372 g/mol. The van der Waals surface area contributed by atoms with Crippen LogP contribution in [-0.4, -0.2) is 28.0 Å². The number of hydrogen-bond donors (Lipinski definition) is 1. The lowest BCUT2D eigenvalue weighted by atomic mass is 10.2. The van der Waals surface area contributed by atoms with Gasteiger partial charge in [-0.15, -0.1) is 10.2 Å². The van der Waals surface area contributed by atoms with Crippen LogP contribution in [0.5, 0.6) is 5.75 Å². The fourth-order valence-electron chi connectivity index (χ4n) is 1.72. The summed E-state index contributed by atoms with van der Waals surface area (Å²) in [4.78, 5) is 12.3. The molecule has 1 N–H and O–H groups in total. The topological polar surface area (TPSA) is 64.1 Å². The first-order valence-corrected chi connectivity index (χ1v) is 9.49. The summed E-state index contributed by atoms with van der Waals surface area (Å²) in [6.45, 7) is 3.99. The Morgan fingerprint density at radius 3 is 2.96 bits per heavy atom. The SMILES string of the molecule is CCCSc1nnc(NC(=O)[C@H](CC)Oc2cccc(Cl)c2)s1. The monoisotopic (exact) mass is 371 g/mol. The van der Waals surface area contributed by atoms with Crippen LogP contribution in [0, 0.1) is 0 Å². The van der Waals surface area contributed by atoms with Gasteiger partial charge in [-0.1, -0.05) is 54.6 Å². The normalized spacial score (nSPS) is 12.0. The molecule has 8 heteroatoms. The van der Waals surface area contributed by atoms with E-state index in [1.54, 1.807) is 36.0 Å². The highest BCUT2D eigenvalue weighted by Gasteiger charge is 2.20. The molecule has 0 aliphatic carbocycles. The molecule has 0 fully saturated rings. The average Bonchev–Trinajstić information content (AvgIpc) is 2.98. The predicted octanol–water partition coefficient (Wildman–Crippen LogP) is 4.49. The molecule has 0 bridgehead atoms. The smallest absolute Gasteiger partial charge is 0.267 e. The number of rotatable bonds is 8. The van der Waals surface area contributed by atoms with Crippen molar-refractivity contribution in [3.8, 4) is 5.75 Å². The summed E-state index contributed by atoms with van der Waals surface area (Å²) < 4.78 is 6.56. The third-order valence-corrected chi connectivity index (χ3v) is 5.22. The highest BCUT2D eigenvalue weighted by molar-refractivity contribution is 8.01. The first-order chi connectivity index (χ1) is 11.1. The van der Waals surface area contributed by atoms with Crippen LogP contribution in [-0.2, 0) is 4.79 Å². The van der Waals surface area contributed by atoms with Gasteiger partial charge in [0.25, 0.3) is 5.91 Å². The molecule has 1 amide bonds. The molecule has 1 atom stereocenters. The maximum absolute atomic E-state index is 12.3. The van der Waals surface area contributed by atoms with Gasteiger partial charge < -0.3 is 4.74 Å². The highest BCUT2D eigenvalue weighted by Crippen LogP contribution is 2.26. The highest BCUT2D eigenvalue weighted by atomic mass is 35.5. The van der Waals surface area contributed by atoms with Crippen molar-refractivity contribution < 1.29 is 9.53 Å². The van der Waals surface area contributed by atoms with E-state index in [2.05, 4.69) is 22.4 Å². The van der Waals surface area contributed by atoms with Crippen molar-refractivity contribution in [2.75, 3.05) is 11.1 Å². The molecule has 0 aliphatic rings. The third kappa shape index (κ3) is 5.67. The number of ether oxygens (including phenoxy) is 1. The zero-order valence-corrected chi connectivity index (χ0v) is 15.3. The number of aromatic nitrogens is 2. The molecule has 0 saturated carbocycles. The number of thioether (sulfide) groups is 1. The Bertz CT molecular complexity index is 651. The van der Waals surface area contributed by atoms with Gasteiger partial charge in [-0.25, -0.2) is 0 Å². The Morgan fingerprint density at radius 2 is 2.26 bits per heavy atom. The second kappa shape index (κ2) is 9.10. The zero-order valence-electron chi connectivity index (χ0n) is 12.9. The second-order valence-corrected chi connectivity index (χ2v) is 7.44. The van der Waals surface area contributed by atoms with Crippen LogP contribution in [0.25, 0.3) is 0 Å². The van der Waals surface area contributed by atoms with Crippen LogP contribution in [0.15, 0.2) is 28.6 Å². The summed E-state index contributed by atoms with van der Waals surface area (Å²) in [5, 5.41) is 11.8. The number of carbonyl (C=O) groups excluding carboxylic acids is 1. The number of benzene rings is 1. The Hall–Kier alpha value is -1.31. The molecule has 0 aliphatic heterocycles. The molecule has 0 radical (unpaired) electrons. The van der Waals surface area contributed by atoms with E-state index in [1.165, 1.54) is 11.3 Å². The minimum absolute atomic E-state index is 0.240. The van der Waals surface area contributed by atoms with E-state index >= 15 is 0 Å². The molecule has 23 heavy (non-hydrogen) atoms. The number of nitrogens with zero attached hydrogens (tertiary/aromatic N) is 2. The van der Waals surface area contributed by atoms with E-state index in [4.69, 9.17) is 16.3 Å². The lowest BCUT2D eigenvalue weighted by molar-refractivity contribution is -0.122. The first-order valence-electron chi connectivity index (χ1n) is 7.31. The van der Waals surface area contributed by atoms with Crippen LogP contribution in [0.1, 0.15) is 26.7 Å². The summed E-state index contributed by atoms with van der Waals surface area (Å²) in [5.74, 6) is 1.31. The molecule has 0 unspecified atom stereocenters. The number of nitrogens with one attached hydrogen (secondary N) is 1. The molecular weight excluding hydrogens is 354 g/mol. The van der Waals surface area contributed by atoms with Gasteiger partial charge in [0.05, 0.1) is 0 Å². The van der Waals surface area contributed by atoms with Crippen LogP contribution in [0.3, 0.4) is 0 Å². The van der Waals surface area contributed by atoms with E-state index in [0.29, 0.717) is 22.3 Å². The molecule has 1 heterocycles. The molecule has 5 nitrogen and oxygen atoms in total. The van der Waals surface area contributed by atoms with E-state index in [0.717, 1.165) is 16.5 Å². The summed E-state index contributed by atoms with van der Waals surface area (Å²) >= 11 is 8.93. The summed E-state index contributed by atoms with van der Waals surface area (Å²) in [7, 11) is 0. The van der Waals surface area contributed by atoms with Crippen LogP contribution < -0.4 is 10.1 Å². The molecular formula is C15H18ClN3O2S2. The van der Waals surface area contributed by atoms with E-state index in [-0.39, 0.29) is 5.91 Å². The molecule has 1 aromatic heterocycles. The lowest BCUT2D eigenvalue weighted by Crippen LogP contribution is -2.32. The Labute approximate surface area is 148 Å². The van der Waals surface area contributed by atoms with Gasteiger partial charge in [0.1, 0.15) is 5.75 Å². The Kier molecular flexibility index (Phi) is 7.14. The van der Waals surface area contributed by atoms with Gasteiger partial charge in [-0.3, -0.25) is 10.1 Å². The van der Waals surface area contributed by atoms with Crippen molar-refractivity contribution in [2.24, 2.45) is 0 Å². The molecule has 1 aromatic carbocycles. The molecule has 2 rings (SSSR count). The standard InChI is InChI=1S/C15H18ClN3O2S2/c1-3-8-22-15-19-18-14(23-15)17-13(20)12(4-2)21-11-7-5-6-10(16)9-11/h5-7,9,12H,3-4,8H2,1-2H3,(H,17,18,20)/t12-/m0/s1. The second-order valence-electron chi connectivity index (χ2n) is 4.68. The van der Waals surface area contributed by atoms with Gasteiger partial charge in [0.2, 0.25) is 5.13 Å². The van der Waals surface area contributed by atoms with E-state index in [9.17, 15) is 4.79 Å². The fraction of sp³-hybridized carbons (Fsp3) is 0.400. The summed E-state index contributed by atoms with van der Waals surface area (Å²) in [6.07, 6.45) is 0.996. The fourth-order valence-corrected chi connectivity index (χ4v) is 3.58. The van der Waals surface area contributed by atoms with Crippen molar-refractivity contribution in [1.29, 1.82) is 0 Å². The van der Waals surface area contributed by atoms with E-state index in [1.807, 2.05) is 6.92 Å². The number of halogens is 1. The number of hydrogen-bond acceptors (Lipinski definition) is 6. The van der Waals surface area contributed by atoms with Crippen molar-refractivity contribution in [3.05, 3.63) is 29.3 Å². The van der Waals surface area contributed by atoms with Crippen LogP contribution >= 0.6 is 34.7 Å². The Morgan fingerprint density at radius 1 is 1.43 bits per heavy atom. The molecule has 0 saturated heterocycles. The van der Waals surface area contributed by atoms with Crippen molar-refractivity contribution in [1.82, 2.24) is 10.2 Å². The van der Waals surface area contributed by atoms with Crippen molar-refractivity contribution >= 4 is 45.7 Å². The minimum atomic E-state index is -0.607. The minimum Gasteiger partial charge on any atom is -0.481 e. The molecule has 124 valence electrons. The van der Waals surface area contributed by atoms with Crippen LogP contribution in [0.2, 0.25) is 5.02 Å².